The Labute approximate surface area is 171 Å². The molecule has 0 saturated heterocycles. The molecule has 0 aliphatic carbocycles. The van der Waals surface area contributed by atoms with Crippen LogP contribution >= 0.6 is 0 Å². The Bertz CT molecular complexity index is 881. The SMILES string of the molecule is COc1c(C)cnc(CN(C(=O)OC(C)(C)C)c2cccc(C)c2)c1C.O=C=O. The van der Waals surface area contributed by atoms with Gasteiger partial charge < -0.3 is 9.47 Å². The van der Waals surface area contributed by atoms with Crippen LogP contribution in [0.1, 0.15) is 43.2 Å². The normalized spacial score (nSPS) is 10.3. The minimum absolute atomic E-state index is 0.250. The second-order valence-electron chi connectivity index (χ2n) is 7.53. The molecule has 7 heteroatoms. The third-order valence-corrected chi connectivity index (χ3v) is 3.98. The first kappa shape index (κ1) is 23.9. The van der Waals surface area contributed by atoms with Crippen molar-refractivity contribution in [3.05, 3.63) is 52.8 Å². The average molecular weight is 400 g/mol. The van der Waals surface area contributed by atoms with E-state index in [1.54, 1.807) is 18.2 Å². The summed E-state index contributed by atoms with van der Waals surface area (Å²) in [5, 5.41) is 0. The van der Waals surface area contributed by atoms with Crippen LogP contribution in [0.5, 0.6) is 5.75 Å². The minimum Gasteiger partial charge on any atom is -0.496 e. The van der Waals surface area contributed by atoms with Crippen LogP contribution in [0.25, 0.3) is 0 Å². The van der Waals surface area contributed by atoms with Crippen molar-refractivity contribution < 1.29 is 23.9 Å². The van der Waals surface area contributed by atoms with Crippen LogP contribution < -0.4 is 9.64 Å². The maximum atomic E-state index is 12.9. The number of anilines is 1. The zero-order valence-electron chi connectivity index (χ0n) is 18.0. The van der Waals surface area contributed by atoms with Gasteiger partial charge in [-0.3, -0.25) is 9.88 Å². The number of nitrogens with zero attached hydrogens (tertiary/aromatic N) is 2. The smallest absolute Gasteiger partial charge is 0.415 e. The predicted molar refractivity (Wildman–Crippen MR) is 109 cm³/mol. The highest BCUT2D eigenvalue weighted by Gasteiger charge is 2.25. The van der Waals surface area contributed by atoms with Crippen molar-refractivity contribution >= 4 is 17.9 Å². The summed E-state index contributed by atoms with van der Waals surface area (Å²) in [5.41, 5.74) is 3.94. The Morgan fingerprint density at radius 1 is 1.17 bits per heavy atom. The number of carbonyl (C=O) groups excluding carboxylic acids is 3. The molecule has 0 saturated carbocycles. The zero-order valence-corrected chi connectivity index (χ0v) is 18.0. The lowest BCUT2D eigenvalue weighted by atomic mass is 10.1. The number of ether oxygens (including phenoxy) is 2. The van der Waals surface area contributed by atoms with E-state index in [1.807, 2.05) is 65.8 Å². The van der Waals surface area contributed by atoms with E-state index in [0.29, 0.717) is 6.54 Å². The van der Waals surface area contributed by atoms with E-state index in [9.17, 15) is 4.79 Å². The molecule has 1 aromatic heterocycles. The number of amides is 1. The van der Waals surface area contributed by atoms with E-state index in [4.69, 9.17) is 19.1 Å². The molecule has 0 aliphatic rings. The lowest BCUT2D eigenvalue weighted by molar-refractivity contribution is -0.191. The van der Waals surface area contributed by atoms with Crippen molar-refractivity contribution in [2.45, 2.75) is 53.7 Å². The molecule has 0 fully saturated rings. The standard InChI is InChI=1S/C21H28N2O3.CO2/c1-14-9-8-10-17(11-14)23(20(24)26-21(4,5)6)13-18-16(3)19(25-7)15(2)12-22-18;2-1-3/h8-12H,13H2,1-7H3;. The monoisotopic (exact) mass is 400 g/mol. The van der Waals surface area contributed by atoms with E-state index in [-0.39, 0.29) is 6.15 Å². The zero-order chi connectivity index (χ0) is 22.2. The Balaban J connectivity index is 0.00000132. The van der Waals surface area contributed by atoms with Crippen molar-refractivity contribution in [3.63, 3.8) is 0 Å². The van der Waals surface area contributed by atoms with Crippen molar-refractivity contribution in [2.24, 2.45) is 0 Å². The predicted octanol–water partition coefficient (Wildman–Crippen LogP) is 4.37. The highest BCUT2D eigenvalue weighted by Crippen LogP contribution is 2.27. The number of pyridine rings is 1. The summed E-state index contributed by atoms with van der Waals surface area (Å²) in [7, 11) is 1.64. The van der Waals surface area contributed by atoms with Crippen molar-refractivity contribution in [3.8, 4) is 5.75 Å². The van der Waals surface area contributed by atoms with E-state index in [2.05, 4.69) is 4.98 Å². The van der Waals surface area contributed by atoms with Crippen molar-refractivity contribution in [1.82, 2.24) is 4.98 Å². The number of benzene rings is 1. The van der Waals surface area contributed by atoms with E-state index >= 15 is 0 Å². The van der Waals surface area contributed by atoms with Crippen molar-refractivity contribution in [1.29, 1.82) is 0 Å². The van der Waals surface area contributed by atoms with Gasteiger partial charge in [-0.05, 0) is 59.2 Å². The molecular weight excluding hydrogens is 372 g/mol. The Kier molecular flexibility index (Phi) is 8.55. The average Bonchev–Trinajstić information content (AvgIpc) is 2.60. The number of hydrogen-bond donors (Lipinski definition) is 0. The topological polar surface area (TPSA) is 85.8 Å². The van der Waals surface area contributed by atoms with Crippen LogP contribution in [0.3, 0.4) is 0 Å². The largest absolute Gasteiger partial charge is 0.496 e. The van der Waals surface area contributed by atoms with E-state index in [1.165, 1.54) is 0 Å². The molecule has 29 heavy (non-hydrogen) atoms. The summed E-state index contributed by atoms with van der Waals surface area (Å²) >= 11 is 0. The molecule has 0 radical (unpaired) electrons. The highest BCUT2D eigenvalue weighted by molar-refractivity contribution is 5.88. The number of aryl methyl sites for hydroxylation is 2. The van der Waals surface area contributed by atoms with Gasteiger partial charge in [0.2, 0.25) is 0 Å². The van der Waals surface area contributed by atoms with Gasteiger partial charge in [0.1, 0.15) is 11.4 Å². The lowest BCUT2D eigenvalue weighted by Crippen LogP contribution is -2.37. The summed E-state index contributed by atoms with van der Waals surface area (Å²) < 4.78 is 11.1. The number of aromatic nitrogens is 1. The quantitative estimate of drug-likeness (QED) is 0.757. The molecule has 0 bridgehead atoms. The lowest BCUT2D eigenvalue weighted by Gasteiger charge is -2.28. The van der Waals surface area contributed by atoms with Gasteiger partial charge in [-0.1, -0.05) is 12.1 Å². The molecule has 156 valence electrons. The molecule has 2 rings (SSSR count). The third-order valence-electron chi connectivity index (χ3n) is 3.98. The van der Waals surface area contributed by atoms with Gasteiger partial charge in [-0.2, -0.15) is 9.59 Å². The molecule has 1 aromatic carbocycles. The minimum atomic E-state index is -0.577. The molecule has 0 atom stereocenters. The van der Waals surface area contributed by atoms with Crippen LogP contribution in [-0.4, -0.2) is 29.9 Å². The highest BCUT2D eigenvalue weighted by atomic mass is 16.6. The molecule has 0 spiro atoms. The molecule has 2 aromatic rings. The van der Waals surface area contributed by atoms with Gasteiger partial charge in [0.05, 0.1) is 19.3 Å². The van der Waals surface area contributed by atoms with Crippen LogP contribution in [-0.2, 0) is 20.9 Å². The fraction of sp³-hybridized carbons (Fsp3) is 0.409. The van der Waals surface area contributed by atoms with Gasteiger partial charge in [0, 0.05) is 23.0 Å². The first-order valence-corrected chi connectivity index (χ1v) is 9.09. The van der Waals surface area contributed by atoms with Crippen LogP contribution in [0.2, 0.25) is 0 Å². The fourth-order valence-electron chi connectivity index (χ4n) is 2.75. The number of hydrogen-bond acceptors (Lipinski definition) is 6. The number of methoxy groups -OCH3 is 1. The molecule has 0 aliphatic heterocycles. The molecular formula is C22H28N2O5. The summed E-state index contributed by atoms with van der Waals surface area (Å²) in [4.78, 5) is 35.2. The third kappa shape index (κ3) is 7.05. The van der Waals surface area contributed by atoms with Crippen LogP contribution in [0, 0.1) is 20.8 Å². The molecule has 7 nitrogen and oxygen atoms in total. The van der Waals surface area contributed by atoms with Gasteiger partial charge >= 0.3 is 12.2 Å². The van der Waals surface area contributed by atoms with Crippen molar-refractivity contribution in [2.75, 3.05) is 12.0 Å². The molecule has 0 unspecified atom stereocenters. The Morgan fingerprint density at radius 2 is 1.79 bits per heavy atom. The van der Waals surface area contributed by atoms with Gasteiger partial charge in [0.15, 0.2) is 0 Å². The first-order valence-electron chi connectivity index (χ1n) is 9.09. The molecule has 1 heterocycles. The number of carbonyl (C=O) groups is 1. The summed E-state index contributed by atoms with van der Waals surface area (Å²) in [5.74, 6) is 0.795. The van der Waals surface area contributed by atoms with Gasteiger partial charge in [-0.15, -0.1) is 0 Å². The summed E-state index contributed by atoms with van der Waals surface area (Å²) in [6, 6.07) is 7.79. The second kappa shape index (κ2) is 10.4. The molecule has 1 amide bonds. The Hall–Kier alpha value is -3.18. The van der Waals surface area contributed by atoms with Crippen LogP contribution in [0.4, 0.5) is 10.5 Å². The van der Waals surface area contributed by atoms with Crippen LogP contribution in [0.15, 0.2) is 30.5 Å². The van der Waals surface area contributed by atoms with E-state index < -0.39 is 11.7 Å². The summed E-state index contributed by atoms with van der Waals surface area (Å²) in [6.07, 6.45) is 1.62. The van der Waals surface area contributed by atoms with Gasteiger partial charge in [-0.25, -0.2) is 4.79 Å². The fourth-order valence-corrected chi connectivity index (χ4v) is 2.75. The molecule has 0 N–H and O–H groups in total. The maximum absolute atomic E-state index is 12.9. The summed E-state index contributed by atoms with van der Waals surface area (Å²) in [6.45, 7) is 11.8. The number of rotatable bonds is 4. The maximum Gasteiger partial charge on any atom is 0.415 e. The second-order valence-corrected chi connectivity index (χ2v) is 7.53. The van der Waals surface area contributed by atoms with E-state index in [0.717, 1.165) is 33.8 Å². The first-order chi connectivity index (χ1) is 13.5. The van der Waals surface area contributed by atoms with Gasteiger partial charge in [0.25, 0.3) is 0 Å². The Morgan fingerprint density at radius 3 is 2.31 bits per heavy atom.